The molecule has 0 aliphatic rings. The van der Waals surface area contributed by atoms with E-state index >= 15 is 0 Å². The van der Waals surface area contributed by atoms with Crippen molar-refractivity contribution in [2.75, 3.05) is 13.7 Å². The number of nitrogens with zero attached hydrogens (tertiary/aromatic N) is 3. The zero-order chi connectivity index (χ0) is 21.1. The predicted molar refractivity (Wildman–Crippen MR) is 114 cm³/mol. The fourth-order valence-electron chi connectivity index (χ4n) is 2.95. The summed E-state index contributed by atoms with van der Waals surface area (Å²) in [4.78, 5) is 28.5. The van der Waals surface area contributed by atoms with Crippen molar-refractivity contribution in [3.63, 3.8) is 0 Å². The summed E-state index contributed by atoms with van der Waals surface area (Å²) in [5.74, 6) is 1.15. The number of nitro benzene ring substituents is 1. The summed E-state index contributed by atoms with van der Waals surface area (Å²) in [5.41, 5.74) is 1.44. The normalized spacial score (nSPS) is 10.8. The fourth-order valence-corrected chi connectivity index (χ4v) is 4.02. The Kier molecular flexibility index (Phi) is 5.44. The van der Waals surface area contributed by atoms with Gasteiger partial charge in [0.2, 0.25) is 0 Å². The Bertz CT molecular complexity index is 1260. The van der Waals surface area contributed by atoms with E-state index in [1.807, 2.05) is 30.3 Å². The van der Waals surface area contributed by atoms with Gasteiger partial charge in [0.15, 0.2) is 0 Å². The van der Waals surface area contributed by atoms with Crippen LogP contribution in [-0.2, 0) is 6.54 Å². The zero-order valence-corrected chi connectivity index (χ0v) is 16.8. The van der Waals surface area contributed by atoms with Crippen molar-refractivity contribution in [2.45, 2.75) is 6.54 Å². The summed E-state index contributed by atoms with van der Waals surface area (Å²) in [5, 5.41) is 10.8. The second-order valence-corrected chi connectivity index (χ2v) is 7.45. The van der Waals surface area contributed by atoms with E-state index < -0.39 is 4.92 Å². The smallest absolute Gasteiger partial charge is 0.273 e. The van der Waals surface area contributed by atoms with Gasteiger partial charge in [-0.2, -0.15) is 0 Å². The molecule has 9 heteroatoms. The van der Waals surface area contributed by atoms with E-state index in [0.29, 0.717) is 16.0 Å². The first kappa shape index (κ1) is 19.6. The van der Waals surface area contributed by atoms with E-state index in [-0.39, 0.29) is 24.4 Å². The molecule has 152 valence electrons. The number of non-ortho nitro benzene ring substituents is 1. The average Bonchev–Trinajstić information content (AvgIpc) is 3.21. The number of hydrogen-bond donors (Lipinski definition) is 0. The molecule has 0 radical (unpaired) electrons. The summed E-state index contributed by atoms with van der Waals surface area (Å²) >= 11 is 1.39. The summed E-state index contributed by atoms with van der Waals surface area (Å²) in [6, 6.07) is 15.5. The maximum atomic E-state index is 12.8. The van der Waals surface area contributed by atoms with Gasteiger partial charge in [0.25, 0.3) is 11.2 Å². The quantitative estimate of drug-likeness (QED) is 0.328. The second-order valence-electron chi connectivity index (χ2n) is 6.40. The van der Waals surface area contributed by atoms with Crippen molar-refractivity contribution in [1.29, 1.82) is 0 Å². The Balaban J connectivity index is 1.51. The summed E-state index contributed by atoms with van der Waals surface area (Å²) < 4.78 is 12.8. The number of thiophene rings is 1. The van der Waals surface area contributed by atoms with Crippen LogP contribution in [0, 0.1) is 10.1 Å². The highest BCUT2D eigenvalue weighted by molar-refractivity contribution is 7.22. The highest BCUT2D eigenvalue weighted by Crippen LogP contribution is 2.31. The lowest BCUT2D eigenvalue weighted by Crippen LogP contribution is -2.22. The minimum absolute atomic E-state index is 0.0441. The van der Waals surface area contributed by atoms with Gasteiger partial charge in [0, 0.05) is 10.9 Å². The van der Waals surface area contributed by atoms with Crippen LogP contribution in [0.15, 0.2) is 65.7 Å². The molecule has 30 heavy (non-hydrogen) atoms. The molecule has 4 rings (SSSR count). The Labute approximate surface area is 175 Å². The van der Waals surface area contributed by atoms with Crippen LogP contribution in [0.4, 0.5) is 5.69 Å². The van der Waals surface area contributed by atoms with Crippen molar-refractivity contribution in [3.05, 3.63) is 81.4 Å². The van der Waals surface area contributed by atoms with E-state index in [1.54, 1.807) is 19.2 Å². The molecule has 0 saturated heterocycles. The van der Waals surface area contributed by atoms with Crippen molar-refractivity contribution < 1.29 is 14.4 Å². The molecule has 0 aliphatic carbocycles. The van der Waals surface area contributed by atoms with Gasteiger partial charge in [-0.3, -0.25) is 19.5 Å². The van der Waals surface area contributed by atoms with Gasteiger partial charge in [-0.25, -0.2) is 4.98 Å². The number of methoxy groups -OCH3 is 1. The molecule has 0 spiro atoms. The predicted octanol–water partition coefficient (Wildman–Crippen LogP) is 4.12. The molecule has 0 aliphatic heterocycles. The molecule has 2 aromatic heterocycles. The number of ether oxygens (including phenoxy) is 2. The third-order valence-electron chi connectivity index (χ3n) is 4.51. The van der Waals surface area contributed by atoms with Crippen LogP contribution >= 0.6 is 11.3 Å². The van der Waals surface area contributed by atoms with Crippen LogP contribution in [0.1, 0.15) is 0 Å². The lowest BCUT2D eigenvalue weighted by atomic mass is 10.2. The zero-order valence-electron chi connectivity index (χ0n) is 16.0. The summed E-state index contributed by atoms with van der Waals surface area (Å²) in [6.07, 6.45) is 1.49. The fraction of sp³-hybridized carbons (Fsp3) is 0.143. The van der Waals surface area contributed by atoms with Crippen molar-refractivity contribution in [1.82, 2.24) is 9.55 Å². The number of fused-ring (bicyclic) bond motifs is 1. The summed E-state index contributed by atoms with van der Waals surface area (Å²) in [7, 11) is 1.61. The van der Waals surface area contributed by atoms with Crippen molar-refractivity contribution in [2.24, 2.45) is 0 Å². The van der Waals surface area contributed by atoms with Crippen LogP contribution < -0.4 is 15.0 Å². The summed E-state index contributed by atoms with van der Waals surface area (Å²) in [6.45, 7) is 0.463. The van der Waals surface area contributed by atoms with Crippen LogP contribution in [-0.4, -0.2) is 28.2 Å². The molecule has 0 atom stereocenters. The van der Waals surface area contributed by atoms with Gasteiger partial charge in [0.1, 0.15) is 22.8 Å². The molecule has 0 amide bonds. The number of benzene rings is 2. The molecule has 0 N–H and O–H groups in total. The lowest BCUT2D eigenvalue weighted by molar-refractivity contribution is -0.384. The van der Waals surface area contributed by atoms with E-state index in [0.717, 1.165) is 16.2 Å². The Hall–Kier alpha value is -3.72. The molecule has 2 aromatic carbocycles. The maximum absolute atomic E-state index is 12.8. The Morgan fingerprint density at radius 2 is 1.93 bits per heavy atom. The molecule has 0 fully saturated rings. The monoisotopic (exact) mass is 423 g/mol. The van der Waals surface area contributed by atoms with Gasteiger partial charge in [0.05, 0.1) is 36.5 Å². The largest absolute Gasteiger partial charge is 0.497 e. The second kappa shape index (κ2) is 8.34. The molecule has 0 bridgehead atoms. The third kappa shape index (κ3) is 4.01. The number of hydrogen-bond acceptors (Lipinski definition) is 7. The van der Waals surface area contributed by atoms with Crippen molar-refractivity contribution >= 4 is 27.2 Å². The molecule has 8 nitrogen and oxygen atoms in total. The van der Waals surface area contributed by atoms with Gasteiger partial charge in [-0.1, -0.05) is 6.07 Å². The van der Waals surface area contributed by atoms with E-state index in [1.165, 1.54) is 34.4 Å². The van der Waals surface area contributed by atoms with E-state index in [2.05, 4.69) is 4.98 Å². The van der Waals surface area contributed by atoms with Crippen LogP contribution in [0.25, 0.3) is 20.7 Å². The van der Waals surface area contributed by atoms with E-state index in [9.17, 15) is 14.9 Å². The number of rotatable bonds is 7. The molecule has 0 saturated carbocycles. The first-order valence-corrected chi connectivity index (χ1v) is 9.87. The van der Waals surface area contributed by atoms with Gasteiger partial charge in [-0.05, 0) is 42.0 Å². The number of aromatic nitrogens is 2. The molecule has 4 aromatic rings. The first-order valence-electron chi connectivity index (χ1n) is 9.06. The highest BCUT2D eigenvalue weighted by atomic mass is 32.1. The molecule has 0 unspecified atom stereocenters. The van der Waals surface area contributed by atoms with Crippen LogP contribution in [0.3, 0.4) is 0 Å². The third-order valence-corrected chi connectivity index (χ3v) is 5.67. The molecular weight excluding hydrogens is 406 g/mol. The van der Waals surface area contributed by atoms with Gasteiger partial charge < -0.3 is 9.47 Å². The minimum Gasteiger partial charge on any atom is -0.497 e. The SMILES string of the molecule is COc1ccc(-c2cc3ncn(CCOc4cccc([N+](=O)[O-])c4)c(=O)c3s2)cc1. The Morgan fingerprint density at radius 1 is 1.13 bits per heavy atom. The molecule has 2 heterocycles. The van der Waals surface area contributed by atoms with Gasteiger partial charge in [-0.15, -0.1) is 11.3 Å². The standard InChI is InChI=1S/C21H17N3O5S/c1-28-16-7-5-14(6-8-16)19-12-18-20(30-19)21(25)23(13-22-18)9-10-29-17-4-2-3-15(11-17)24(26)27/h2-8,11-13H,9-10H2,1H3. The Morgan fingerprint density at radius 3 is 2.67 bits per heavy atom. The maximum Gasteiger partial charge on any atom is 0.273 e. The van der Waals surface area contributed by atoms with Crippen LogP contribution in [0.5, 0.6) is 11.5 Å². The average molecular weight is 423 g/mol. The van der Waals surface area contributed by atoms with E-state index in [4.69, 9.17) is 9.47 Å². The van der Waals surface area contributed by atoms with Gasteiger partial charge >= 0.3 is 0 Å². The highest BCUT2D eigenvalue weighted by Gasteiger charge is 2.11. The minimum atomic E-state index is -0.480. The molecular formula is C21H17N3O5S. The number of nitro groups is 1. The van der Waals surface area contributed by atoms with Crippen LogP contribution in [0.2, 0.25) is 0 Å². The lowest BCUT2D eigenvalue weighted by Gasteiger charge is -2.07. The van der Waals surface area contributed by atoms with Crippen molar-refractivity contribution in [3.8, 4) is 21.9 Å². The first-order chi connectivity index (χ1) is 14.5. The topological polar surface area (TPSA) is 96.5 Å².